The average Bonchev–Trinajstić information content (AvgIpc) is 2.37. The van der Waals surface area contributed by atoms with Gasteiger partial charge in [0.05, 0.1) is 7.11 Å². The number of carbonyl (C=O) groups excluding carboxylic acids is 2. The van der Waals surface area contributed by atoms with Crippen molar-refractivity contribution >= 4 is 11.9 Å². The van der Waals surface area contributed by atoms with Crippen molar-refractivity contribution in [2.24, 2.45) is 5.92 Å². The molecule has 0 aromatic heterocycles. The molecule has 2 N–H and O–H groups in total. The molecule has 108 valence electrons. The highest BCUT2D eigenvalue weighted by Gasteiger charge is 2.38. The molecule has 0 aliphatic carbocycles. The molecule has 0 aromatic carbocycles. The predicted molar refractivity (Wildman–Crippen MR) is 68.4 cm³/mol. The number of rotatable bonds is 3. The number of likely N-dealkylation sites (tertiary alicyclic amines) is 1. The van der Waals surface area contributed by atoms with Crippen molar-refractivity contribution in [2.45, 2.75) is 37.8 Å². The fourth-order valence-corrected chi connectivity index (χ4v) is 3.05. The minimum Gasteiger partial charge on any atom is -0.467 e. The highest BCUT2D eigenvalue weighted by molar-refractivity contribution is 5.79. The summed E-state index contributed by atoms with van der Waals surface area (Å²) in [5.74, 6) is -0.0530. The highest BCUT2D eigenvalue weighted by Crippen LogP contribution is 2.26. The summed E-state index contributed by atoms with van der Waals surface area (Å²) < 4.78 is 4.60. The number of hydrogen-bond acceptors (Lipinski definition) is 5. The van der Waals surface area contributed by atoms with Crippen molar-refractivity contribution in [1.82, 2.24) is 10.2 Å². The summed E-state index contributed by atoms with van der Waals surface area (Å²) in [6.45, 7) is 3.33. The van der Waals surface area contributed by atoms with Crippen LogP contribution >= 0.6 is 0 Å². The van der Waals surface area contributed by atoms with E-state index in [1.807, 2.05) is 0 Å². The highest BCUT2D eigenvalue weighted by atomic mass is 16.5. The number of piperidine rings is 2. The molecule has 2 fully saturated rings. The lowest BCUT2D eigenvalue weighted by Gasteiger charge is -2.42. The summed E-state index contributed by atoms with van der Waals surface area (Å²) in [6.07, 6.45) is 2.32. The van der Waals surface area contributed by atoms with E-state index in [2.05, 4.69) is 15.0 Å². The zero-order valence-corrected chi connectivity index (χ0v) is 11.5. The van der Waals surface area contributed by atoms with Crippen molar-refractivity contribution in [3.8, 4) is 0 Å². The van der Waals surface area contributed by atoms with E-state index in [4.69, 9.17) is 0 Å². The van der Waals surface area contributed by atoms with Crippen LogP contribution in [0.15, 0.2) is 0 Å². The third kappa shape index (κ3) is 3.25. The van der Waals surface area contributed by atoms with E-state index in [0.29, 0.717) is 12.3 Å². The molecule has 3 unspecified atom stereocenters. The summed E-state index contributed by atoms with van der Waals surface area (Å²) in [4.78, 5) is 24.9. The molecule has 0 aromatic rings. The number of aliphatic hydroxyl groups is 1. The molecule has 0 spiro atoms. The fraction of sp³-hybridized carbons (Fsp3) is 0.846. The summed E-state index contributed by atoms with van der Waals surface area (Å²) >= 11 is 0. The molecule has 6 heteroatoms. The molecule has 1 amide bonds. The maximum Gasteiger partial charge on any atom is 0.338 e. The molecule has 2 aliphatic heterocycles. The van der Waals surface area contributed by atoms with Crippen LogP contribution in [0.5, 0.6) is 0 Å². The zero-order valence-electron chi connectivity index (χ0n) is 11.5. The van der Waals surface area contributed by atoms with E-state index < -0.39 is 11.6 Å². The Hall–Kier alpha value is -1.14. The summed E-state index contributed by atoms with van der Waals surface area (Å²) in [5, 5.41) is 13.1. The van der Waals surface area contributed by atoms with Gasteiger partial charge in [-0.25, -0.2) is 4.79 Å². The minimum atomic E-state index is -1.47. The van der Waals surface area contributed by atoms with Gasteiger partial charge in [-0.1, -0.05) is 0 Å². The van der Waals surface area contributed by atoms with E-state index >= 15 is 0 Å². The van der Waals surface area contributed by atoms with Crippen molar-refractivity contribution in [3.05, 3.63) is 0 Å². The number of amides is 1. The number of β-amino-alcohol motifs (C(OH)–C–C–N with tert-alkyl or cyclic N) is 1. The first kappa shape index (κ1) is 14.3. The van der Waals surface area contributed by atoms with E-state index in [0.717, 1.165) is 25.9 Å². The number of hydrogen-bond donors (Lipinski definition) is 2. The van der Waals surface area contributed by atoms with Gasteiger partial charge in [0.2, 0.25) is 5.91 Å². The monoisotopic (exact) mass is 270 g/mol. The van der Waals surface area contributed by atoms with Crippen LogP contribution in [0.25, 0.3) is 0 Å². The maximum atomic E-state index is 11.5. The Morgan fingerprint density at radius 1 is 1.58 bits per heavy atom. The van der Waals surface area contributed by atoms with Crippen molar-refractivity contribution < 1.29 is 19.4 Å². The quantitative estimate of drug-likeness (QED) is 0.677. The second-order valence-corrected chi connectivity index (χ2v) is 5.76. The molecule has 3 atom stereocenters. The lowest BCUT2D eigenvalue weighted by Crippen LogP contribution is -2.57. The van der Waals surface area contributed by atoms with E-state index in [1.54, 1.807) is 0 Å². The Labute approximate surface area is 113 Å². The normalized spacial score (nSPS) is 31.0. The fourth-order valence-electron chi connectivity index (χ4n) is 3.05. The number of methoxy groups -OCH3 is 1. The van der Waals surface area contributed by atoms with Gasteiger partial charge in [0.1, 0.15) is 0 Å². The van der Waals surface area contributed by atoms with Gasteiger partial charge in [-0.05, 0) is 25.7 Å². The lowest BCUT2D eigenvalue weighted by atomic mass is 9.84. The molecule has 2 rings (SSSR count). The van der Waals surface area contributed by atoms with Crippen molar-refractivity contribution in [3.63, 3.8) is 0 Å². The van der Waals surface area contributed by atoms with Crippen LogP contribution in [0, 0.1) is 5.92 Å². The Morgan fingerprint density at radius 2 is 2.32 bits per heavy atom. The smallest absolute Gasteiger partial charge is 0.338 e. The summed E-state index contributed by atoms with van der Waals surface area (Å²) in [6, 6.07) is 0.251. The lowest BCUT2D eigenvalue weighted by molar-refractivity contribution is -0.162. The molecular weight excluding hydrogens is 248 g/mol. The third-order valence-electron chi connectivity index (χ3n) is 4.06. The molecule has 0 radical (unpaired) electrons. The Kier molecular flexibility index (Phi) is 4.10. The molecule has 19 heavy (non-hydrogen) atoms. The first-order chi connectivity index (χ1) is 8.92. The predicted octanol–water partition coefficient (Wildman–Crippen LogP) is -0.489. The Bertz CT molecular complexity index is 370. The van der Waals surface area contributed by atoms with Gasteiger partial charge in [-0.2, -0.15) is 0 Å². The summed E-state index contributed by atoms with van der Waals surface area (Å²) in [7, 11) is 1.28. The van der Waals surface area contributed by atoms with Gasteiger partial charge in [0.15, 0.2) is 5.60 Å². The van der Waals surface area contributed by atoms with Crippen LogP contribution in [0.2, 0.25) is 0 Å². The zero-order chi connectivity index (χ0) is 14.0. The Morgan fingerprint density at radius 3 is 3.00 bits per heavy atom. The van der Waals surface area contributed by atoms with E-state index in [-0.39, 0.29) is 18.5 Å². The number of ether oxygens (including phenoxy) is 1. The Balaban J connectivity index is 1.91. The van der Waals surface area contributed by atoms with Crippen LogP contribution < -0.4 is 5.32 Å². The first-order valence-corrected chi connectivity index (χ1v) is 6.75. The van der Waals surface area contributed by atoms with Gasteiger partial charge in [0, 0.05) is 32.1 Å². The van der Waals surface area contributed by atoms with Gasteiger partial charge >= 0.3 is 5.97 Å². The molecule has 2 aliphatic rings. The third-order valence-corrected chi connectivity index (χ3v) is 4.06. The number of esters is 1. The average molecular weight is 270 g/mol. The molecule has 2 saturated heterocycles. The van der Waals surface area contributed by atoms with Gasteiger partial charge in [0.25, 0.3) is 0 Å². The molecule has 0 bridgehead atoms. The topological polar surface area (TPSA) is 78.9 Å². The second-order valence-electron chi connectivity index (χ2n) is 5.76. The van der Waals surface area contributed by atoms with Gasteiger partial charge in [-0.3, -0.25) is 9.69 Å². The number of carbonyl (C=O) groups is 2. The number of nitrogens with one attached hydrogen (secondary N) is 1. The van der Waals surface area contributed by atoms with Crippen LogP contribution in [0.3, 0.4) is 0 Å². The molecule has 0 saturated carbocycles. The van der Waals surface area contributed by atoms with Crippen LogP contribution in [0.4, 0.5) is 0 Å². The van der Waals surface area contributed by atoms with E-state index in [9.17, 15) is 14.7 Å². The maximum absolute atomic E-state index is 11.5. The van der Waals surface area contributed by atoms with Crippen molar-refractivity contribution in [2.75, 3.05) is 26.7 Å². The standard InChI is InChI=1S/C13H22N2O4/c1-13(18,12(17)19-2)8-15-6-5-10-9(7-15)3-4-11(16)14-10/h9-10,18H,3-8H2,1-2H3,(H,14,16). The first-order valence-electron chi connectivity index (χ1n) is 6.75. The van der Waals surface area contributed by atoms with Crippen molar-refractivity contribution in [1.29, 1.82) is 0 Å². The van der Waals surface area contributed by atoms with Crippen LogP contribution in [-0.2, 0) is 14.3 Å². The number of nitrogens with zero attached hydrogens (tertiary/aromatic N) is 1. The molecule has 6 nitrogen and oxygen atoms in total. The number of fused-ring (bicyclic) bond motifs is 1. The minimum absolute atomic E-state index is 0.135. The molecule has 2 heterocycles. The molecular formula is C13H22N2O4. The van der Waals surface area contributed by atoms with Gasteiger partial charge < -0.3 is 15.2 Å². The largest absolute Gasteiger partial charge is 0.467 e. The van der Waals surface area contributed by atoms with Crippen LogP contribution in [-0.4, -0.2) is 60.3 Å². The van der Waals surface area contributed by atoms with E-state index in [1.165, 1.54) is 14.0 Å². The second kappa shape index (κ2) is 5.46. The van der Waals surface area contributed by atoms with Gasteiger partial charge in [-0.15, -0.1) is 0 Å². The van der Waals surface area contributed by atoms with Crippen LogP contribution in [0.1, 0.15) is 26.2 Å². The summed E-state index contributed by atoms with van der Waals surface area (Å²) in [5.41, 5.74) is -1.47. The SMILES string of the molecule is COC(=O)C(C)(O)CN1CCC2NC(=O)CCC2C1.